The first-order chi connectivity index (χ1) is 8.80. The Labute approximate surface area is 125 Å². The molecular weight excluding hydrogens is 386 g/mol. The summed E-state index contributed by atoms with van der Waals surface area (Å²) < 4.78 is 3.06. The Morgan fingerprint density at radius 1 is 1.32 bits per heavy atom. The van der Waals surface area contributed by atoms with Crippen LogP contribution in [0.4, 0.5) is 5.69 Å². The molecule has 1 aromatic rings. The number of nitro groups is 1. The summed E-state index contributed by atoms with van der Waals surface area (Å²) in [5, 5.41) is 10.5. The molecule has 0 heterocycles. The monoisotopic (exact) mass is 393 g/mol. The van der Waals surface area contributed by atoms with Crippen LogP contribution >= 0.6 is 31.9 Å². The van der Waals surface area contributed by atoms with Gasteiger partial charge in [-0.05, 0) is 19.1 Å². The van der Waals surface area contributed by atoms with Crippen LogP contribution in [0.3, 0.4) is 0 Å². The highest BCUT2D eigenvalue weighted by Crippen LogP contribution is 2.32. The van der Waals surface area contributed by atoms with Crippen LogP contribution in [0.25, 0.3) is 0 Å². The van der Waals surface area contributed by atoms with Crippen LogP contribution in [0.5, 0.6) is 0 Å². The Morgan fingerprint density at radius 3 is 2.26 bits per heavy atom. The molecule has 0 aliphatic carbocycles. The summed E-state index contributed by atoms with van der Waals surface area (Å²) in [5.41, 5.74) is 0.00910. The molecule has 0 radical (unpaired) electrons. The van der Waals surface area contributed by atoms with Crippen molar-refractivity contribution < 1.29 is 19.2 Å². The second-order valence-electron chi connectivity index (χ2n) is 3.43. The van der Waals surface area contributed by atoms with E-state index in [0.717, 1.165) is 0 Å². The van der Waals surface area contributed by atoms with Gasteiger partial charge in [-0.25, -0.2) is 4.79 Å². The number of hydrogen-bond acceptors (Lipinski definition) is 5. The lowest BCUT2D eigenvalue weighted by molar-refractivity contribution is -0.384. The molecule has 0 saturated heterocycles. The second kappa shape index (κ2) is 6.25. The molecule has 0 amide bonds. The summed E-state index contributed by atoms with van der Waals surface area (Å²) >= 11 is 5.91. The van der Waals surface area contributed by atoms with E-state index in [0.29, 0.717) is 0 Å². The zero-order valence-electron chi connectivity index (χ0n) is 9.76. The van der Waals surface area contributed by atoms with Gasteiger partial charge in [-0.3, -0.25) is 14.9 Å². The number of carbonyl (C=O) groups excluding carboxylic acids is 2. The number of esters is 1. The Balaban J connectivity index is 2.99. The first kappa shape index (κ1) is 15.8. The summed E-state index contributed by atoms with van der Waals surface area (Å²) in [7, 11) is 0. The van der Waals surface area contributed by atoms with E-state index in [1.165, 1.54) is 24.3 Å². The molecule has 0 spiro atoms. The van der Waals surface area contributed by atoms with Crippen molar-refractivity contribution in [2.45, 2.75) is 10.2 Å². The molecule has 8 heteroatoms. The Hall–Kier alpha value is -1.28. The number of rotatable bonds is 5. The lowest BCUT2D eigenvalue weighted by Crippen LogP contribution is -2.36. The zero-order valence-corrected chi connectivity index (χ0v) is 12.9. The molecule has 1 rings (SSSR count). The predicted molar refractivity (Wildman–Crippen MR) is 74.6 cm³/mol. The molecule has 102 valence electrons. The minimum Gasteiger partial charge on any atom is -0.464 e. The van der Waals surface area contributed by atoms with E-state index in [4.69, 9.17) is 4.74 Å². The molecule has 0 bridgehead atoms. The average molecular weight is 395 g/mol. The number of non-ortho nitro benzene ring substituents is 1. The molecule has 0 aliphatic heterocycles. The van der Waals surface area contributed by atoms with Crippen molar-refractivity contribution in [1.82, 2.24) is 0 Å². The lowest BCUT2D eigenvalue weighted by atomic mass is 10.1. The summed E-state index contributed by atoms with van der Waals surface area (Å²) in [6, 6.07) is 4.93. The third kappa shape index (κ3) is 3.60. The fraction of sp³-hybridized carbons (Fsp3) is 0.273. The molecule has 0 saturated carbocycles. The normalized spacial score (nSPS) is 10.9. The Morgan fingerprint density at radius 2 is 1.84 bits per heavy atom. The molecule has 19 heavy (non-hydrogen) atoms. The zero-order chi connectivity index (χ0) is 14.6. The number of benzene rings is 1. The van der Waals surface area contributed by atoms with Gasteiger partial charge in [0.15, 0.2) is 0 Å². The number of ketones is 1. The number of halogens is 2. The summed E-state index contributed by atoms with van der Waals surface area (Å²) in [4.78, 5) is 33.6. The standard InChI is InChI=1S/C11H9Br2NO5/c1-2-19-10(16)11(12,13)9(15)7-3-5-8(6-4-7)14(17)18/h3-6H,2H2,1H3. The van der Waals surface area contributed by atoms with Crippen molar-refractivity contribution >= 4 is 49.3 Å². The topological polar surface area (TPSA) is 86.5 Å². The van der Waals surface area contributed by atoms with E-state index in [-0.39, 0.29) is 17.9 Å². The van der Waals surface area contributed by atoms with Gasteiger partial charge < -0.3 is 4.74 Å². The number of Topliss-reactive ketones (excluding diaryl/α,β-unsaturated/α-hetero) is 1. The Bertz CT molecular complexity index is 512. The highest BCUT2D eigenvalue weighted by atomic mass is 79.9. The highest BCUT2D eigenvalue weighted by Gasteiger charge is 2.42. The number of nitro benzene ring substituents is 1. The van der Waals surface area contributed by atoms with Gasteiger partial charge in [-0.1, -0.05) is 31.9 Å². The molecule has 0 aromatic heterocycles. The van der Waals surface area contributed by atoms with Crippen molar-refractivity contribution in [3.05, 3.63) is 39.9 Å². The smallest absolute Gasteiger partial charge is 0.342 e. The maximum absolute atomic E-state index is 12.1. The molecule has 1 aromatic carbocycles. The number of ether oxygens (including phenoxy) is 1. The maximum atomic E-state index is 12.1. The molecule has 0 atom stereocenters. The minimum atomic E-state index is -1.69. The van der Waals surface area contributed by atoms with Gasteiger partial charge in [0.1, 0.15) is 0 Å². The van der Waals surface area contributed by atoms with E-state index in [9.17, 15) is 19.7 Å². The maximum Gasteiger partial charge on any atom is 0.342 e. The van der Waals surface area contributed by atoms with E-state index >= 15 is 0 Å². The molecule has 0 aliphatic rings. The number of alkyl halides is 2. The van der Waals surface area contributed by atoms with E-state index in [2.05, 4.69) is 31.9 Å². The van der Waals surface area contributed by atoms with Crippen LogP contribution in [-0.2, 0) is 9.53 Å². The van der Waals surface area contributed by atoms with Crippen molar-refractivity contribution in [1.29, 1.82) is 0 Å². The summed E-state index contributed by atoms with van der Waals surface area (Å²) in [6.45, 7) is 1.75. The quantitative estimate of drug-likeness (QED) is 0.191. The van der Waals surface area contributed by atoms with E-state index < -0.39 is 19.9 Å². The number of carbonyl (C=O) groups is 2. The first-order valence-corrected chi connectivity index (χ1v) is 6.73. The van der Waals surface area contributed by atoms with Gasteiger partial charge in [0.05, 0.1) is 11.5 Å². The third-order valence-corrected chi connectivity index (χ3v) is 3.53. The largest absolute Gasteiger partial charge is 0.464 e. The van der Waals surface area contributed by atoms with Gasteiger partial charge in [-0.15, -0.1) is 0 Å². The molecule has 0 unspecified atom stereocenters. The van der Waals surface area contributed by atoms with Crippen LogP contribution in [0.2, 0.25) is 0 Å². The van der Waals surface area contributed by atoms with Crippen LogP contribution in [0.15, 0.2) is 24.3 Å². The molecule has 0 N–H and O–H groups in total. The molecule has 0 fully saturated rings. The average Bonchev–Trinajstić information content (AvgIpc) is 2.38. The van der Waals surface area contributed by atoms with E-state index in [1.54, 1.807) is 6.92 Å². The van der Waals surface area contributed by atoms with Crippen molar-refractivity contribution in [3.63, 3.8) is 0 Å². The van der Waals surface area contributed by atoms with Crippen molar-refractivity contribution in [3.8, 4) is 0 Å². The fourth-order valence-electron chi connectivity index (χ4n) is 1.23. The van der Waals surface area contributed by atoms with Crippen LogP contribution in [-0.4, -0.2) is 26.5 Å². The van der Waals surface area contributed by atoms with Crippen molar-refractivity contribution in [2.75, 3.05) is 6.61 Å². The first-order valence-electron chi connectivity index (χ1n) is 5.15. The molecular formula is C11H9Br2NO5. The van der Waals surface area contributed by atoms with E-state index in [1.807, 2.05) is 0 Å². The summed E-state index contributed by atoms with van der Waals surface area (Å²) in [6.07, 6.45) is 0. The van der Waals surface area contributed by atoms with Gasteiger partial charge in [0.2, 0.25) is 9.02 Å². The lowest BCUT2D eigenvalue weighted by Gasteiger charge is -2.16. The highest BCUT2D eigenvalue weighted by molar-refractivity contribution is 9.26. The predicted octanol–water partition coefficient (Wildman–Crippen LogP) is 2.83. The summed E-state index contributed by atoms with van der Waals surface area (Å²) in [5.74, 6) is -1.38. The molecule has 6 nitrogen and oxygen atoms in total. The van der Waals surface area contributed by atoms with Crippen LogP contribution in [0.1, 0.15) is 17.3 Å². The number of hydrogen-bond donors (Lipinski definition) is 0. The Kier molecular flexibility index (Phi) is 5.19. The minimum absolute atomic E-state index is 0.130. The van der Waals surface area contributed by atoms with Crippen LogP contribution in [0, 0.1) is 10.1 Å². The van der Waals surface area contributed by atoms with Crippen molar-refractivity contribution in [2.24, 2.45) is 0 Å². The third-order valence-electron chi connectivity index (χ3n) is 2.16. The van der Waals surface area contributed by atoms with Gasteiger partial charge >= 0.3 is 5.97 Å². The second-order valence-corrected chi connectivity index (χ2v) is 6.87. The number of nitrogens with zero attached hydrogens (tertiary/aromatic N) is 1. The SMILES string of the molecule is CCOC(=O)C(Br)(Br)C(=O)c1ccc([N+](=O)[O-])cc1. The van der Waals surface area contributed by atoms with Gasteiger partial charge in [-0.2, -0.15) is 0 Å². The van der Waals surface area contributed by atoms with Gasteiger partial charge in [0, 0.05) is 17.7 Å². The van der Waals surface area contributed by atoms with Gasteiger partial charge in [0.25, 0.3) is 5.69 Å². The van der Waals surface area contributed by atoms with Crippen LogP contribution < -0.4 is 0 Å². The fourth-order valence-corrected chi connectivity index (χ4v) is 1.92.